The van der Waals surface area contributed by atoms with Crippen molar-refractivity contribution in [1.29, 1.82) is 0 Å². The van der Waals surface area contributed by atoms with E-state index in [1.54, 1.807) is 11.1 Å². The summed E-state index contributed by atoms with van der Waals surface area (Å²) in [5.41, 5.74) is 1.67. The number of hydrogen-bond acceptors (Lipinski definition) is 4. The van der Waals surface area contributed by atoms with E-state index in [4.69, 9.17) is 4.74 Å². The fourth-order valence-electron chi connectivity index (χ4n) is 4.15. The van der Waals surface area contributed by atoms with Gasteiger partial charge in [0.15, 0.2) is 0 Å². The molecule has 0 aliphatic carbocycles. The number of carbonyl (C=O) groups excluding carboxylic acids is 1. The van der Waals surface area contributed by atoms with Gasteiger partial charge in [-0.2, -0.15) is 13.2 Å². The van der Waals surface area contributed by atoms with E-state index in [-0.39, 0.29) is 30.0 Å². The zero-order valence-corrected chi connectivity index (χ0v) is 18.1. The van der Waals surface area contributed by atoms with Crippen LogP contribution in [0.3, 0.4) is 0 Å². The largest absolute Gasteiger partial charge is 0.418 e. The van der Waals surface area contributed by atoms with Crippen LogP contribution in [0.5, 0.6) is 0 Å². The Morgan fingerprint density at radius 1 is 1.22 bits per heavy atom. The molecular formula is C23H25F3N4O2. The number of aryl methyl sites for hydroxylation is 1. The number of anilines is 2. The van der Waals surface area contributed by atoms with Crippen LogP contribution in [0.2, 0.25) is 0 Å². The molecule has 1 fully saturated rings. The first kappa shape index (κ1) is 22.1. The van der Waals surface area contributed by atoms with Crippen LogP contribution in [0.15, 0.2) is 42.7 Å². The number of benzene rings is 1. The second kappa shape index (κ2) is 8.46. The minimum Gasteiger partial charge on any atom is -0.372 e. The van der Waals surface area contributed by atoms with Gasteiger partial charge in [-0.15, -0.1) is 0 Å². The van der Waals surface area contributed by atoms with Crippen molar-refractivity contribution in [3.8, 4) is 0 Å². The van der Waals surface area contributed by atoms with Crippen LogP contribution in [0.25, 0.3) is 5.65 Å². The Morgan fingerprint density at radius 2 is 1.94 bits per heavy atom. The predicted octanol–water partition coefficient (Wildman–Crippen LogP) is 4.46. The summed E-state index contributed by atoms with van der Waals surface area (Å²) in [6.45, 7) is 6.33. The molecule has 1 amide bonds. The zero-order chi connectivity index (χ0) is 23.0. The molecule has 2 unspecified atom stereocenters. The number of halogens is 3. The average molecular weight is 446 g/mol. The van der Waals surface area contributed by atoms with E-state index in [9.17, 15) is 18.0 Å². The minimum atomic E-state index is -4.56. The normalized spacial score (nSPS) is 19.4. The Hall–Kier alpha value is -3.07. The summed E-state index contributed by atoms with van der Waals surface area (Å²) in [5, 5.41) is 2.58. The zero-order valence-electron chi connectivity index (χ0n) is 18.1. The molecule has 1 N–H and O–H groups in total. The Bertz CT molecular complexity index is 1130. The van der Waals surface area contributed by atoms with Gasteiger partial charge in [-0.05, 0) is 50.6 Å². The number of pyridine rings is 1. The number of aromatic nitrogens is 2. The summed E-state index contributed by atoms with van der Waals surface area (Å²) in [6.07, 6.45) is -1.37. The van der Waals surface area contributed by atoms with Crippen LogP contribution in [-0.4, -0.2) is 40.6 Å². The Kier molecular flexibility index (Phi) is 5.85. The summed E-state index contributed by atoms with van der Waals surface area (Å²) in [4.78, 5) is 18.6. The molecule has 2 aromatic heterocycles. The molecule has 1 saturated heterocycles. The van der Waals surface area contributed by atoms with Gasteiger partial charge in [-0.1, -0.05) is 6.07 Å². The molecule has 0 bridgehead atoms. The van der Waals surface area contributed by atoms with E-state index in [1.807, 2.05) is 43.5 Å². The van der Waals surface area contributed by atoms with Gasteiger partial charge >= 0.3 is 6.18 Å². The maximum absolute atomic E-state index is 13.8. The number of nitrogens with one attached hydrogen (secondary N) is 1. The lowest BCUT2D eigenvalue weighted by molar-refractivity contribution is -0.137. The van der Waals surface area contributed by atoms with Crippen LogP contribution in [-0.2, 0) is 22.1 Å². The summed E-state index contributed by atoms with van der Waals surface area (Å²) < 4.78 is 49.0. The Morgan fingerprint density at radius 3 is 2.59 bits per heavy atom. The average Bonchev–Trinajstić information content (AvgIpc) is 3.10. The molecule has 6 nitrogen and oxygen atoms in total. The van der Waals surface area contributed by atoms with E-state index in [1.165, 1.54) is 12.1 Å². The van der Waals surface area contributed by atoms with Crippen LogP contribution < -0.4 is 10.2 Å². The van der Waals surface area contributed by atoms with Crippen molar-refractivity contribution < 1.29 is 22.7 Å². The molecule has 4 rings (SSSR count). The first-order valence-corrected chi connectivity index (χ1v) is 10.4. The number of morpholine rings is 1. The highest BCUT2D eigenvalue weighted by Crippen LogP contribution is 2.39. The van der Waals surface area contributed by atoms with Gasteiger partial charge in [0.25, 0.3) is 0 Å². The molecule has 170 valence electrons. The van der Waals surface area contributed by atoms with Crippen LogP contribution in [0, 0.1) is 6.92 Å². The van der Waals surface area contributed by atoms with Gasteiger partial charge in [0.1, 0.15) is 5.65 Å². The van der Waals surface area contributed by atoms with E-state index in [2.05, 4.69) is 10.3 Å². The van der Waals surface area contributed by atoms with Crippen LogP contribution in [0.1, 0.15) is 30.7 Å². The second-order valence-corrected chi connectivity index (χ2v) is 8.27. The van der Waals surface area contributed by atoms with Gasteiger partial charge < -0.3 is 19.4 Å². The van der Waals surface area contributed by atoms with Crippen LogP contribution >= 0.6 is 0 Å². The maximum atomic E-state index is 13.8. The molecule has 2 atom stereocenters. The predicted molar refractivity (Wildman–Crippen MR) is 116 cm³/mol. The molecule has 0 radical (unpaired) electrons. The molecule has 0 spiro atoms. The minimum absolute atomic E-state index is 0.0390. The van der Waals surface area contributed by atoms with E-state index >= 15 is 0 Å². The van der Waals surface area contributed by atoms with Gasteiger partial charge in [0.2, 0.25) is 5.91 Å². The van der Waals surface area contributed by atoms with E-state index in [0.717, 1.165) is 17.3 Å². The van der Waals surface area contributed by atoms with Crippen molar-refractivity contribution in [2.24, 2.45) is 0 Å². The Labute approximate surface area is 184 Å². The van der Waals surface area contributed by atoms with Crippen LogP contribution in [0.4, 0.5) is 24.5 Å². The molecule has 0 saturated carbocycles. The molecule has 3 heterocycles. The summed E-state index contributed by atoms with van der Waals surface area (Å²) in [5.74, 6) is -0.430. The number of carbonyl (C=O) groups is 1. The third-order valence-corrected chi connectivity index (χ3v) is 5.42. The number of fused-ring (bicyclic) bond motifs is 1. The quantitative estimate of drug-likeness (QED) is 0.643. The van der Waals surface area contributed by atoms with Crippen molar-refractivity contribution in [3.05, 3.63) is 59.5 Å². The molecule has 32 heavy (non-hydrogen) atoms. The molecule has 1 aromatic carbocycles. The van der Waals surface area contributed by atoms with Gasteiger partial charge in [0.05, 0.1) is 29.9 Å². The lowest BCUT2D eigenvalue weighted by Gasteiger charge is -2.38. The maximum Gasteiger partial charge on any atom is 0.418 e. The highest BCUT2D eigenvalue weighted by Gasteiger charge is 2.36. The fourth-order valence-corrected chi connectivity index (χ4v) is 4.15. The van der Waals surface area contributed by atoms with Gasteiger partial charge in [-0.3, -0.25) is 4.79 Å². The standard InChI is InChI=1S/C23H25F3N4O2/c1-14-5-4-8-29-13-18(28-22(14)29)10-21(31)27-17-6-7-20(19(9-17)23(24,25)26)30-11-15(2)32-16(3)12-30/h4-9,13,15-16H,10-12H2,1-3H3,(H,27,31). The lowest BCUT2D eigenvalue weighted by atomic mass is 10.1. The van der Waals surface area contributed by atoms with Crippen molar-refractivity contribution in [1.82, 2.24) is 9.38 Å². The van der Waals surface area contributed by atoms with E-state index < -0.39 is 17.6 Å². The first-order chi connectivity index (χ1) is 15.1. The van der Waals surface area contributed by atoms with Gasteiger partial charge in [-0.25, -0.2) is 4.98 Å². The molecular weight excluding hydrogens is 421 g/mol. The van der Waals surface area contributed by atoms with Crippen molar-refractivity contribution >= 4 is 22.9 Å². The molecule has 1 aliphatic heterocycles. The van der Waals surface area contributed by atoms with Crippen molar-refractivity contribution in [2.45, 2.75) is 45.6 Å². The number of rotatable bonds is 4. The highest BCUT2D eigenvalue weighted by molar-refractivity contribution is 5.92. The third-order valence-electron chi connectivity index (χ3n) is 5.42. The smallest absolute Gasteiger partial charge is 0.372 e. The number of imidazole rings is 1. The summed E-state index contributed by atoms with van der Waals surface area (Å²) in [6, 6.07) is 7.71. The SMILES string of the molecule is Cc1cccn2cc(CC(=O)Nc3ccc(N4CC(C)OC(C)C4)c(C(F)(F)F)c3)nc12. The Balaban J connectivity index is 1.54. The number of ether oxygens (including phenoxy) is 1. The molecule has 3 aromatic rings. The second-order valence-electron chi connectivity index (χ2n) is 8.27. The molecule has 9 heteroatoms. The van der Waals surface area contributed by atoms with Crippen molar-refractivity contribution in [3.63, 3.8) is 0 Å². The molecule has 1 aliphatic rings. The van der Waals surface area contributed by atoms with Gasteiger partial charge in [0, 0.05) is 36.9 Å². The summed E-state index contributed by atoms with van der Waals surface area (Å²) in [7, 11) is 0. The number of hydrogen-bond donors (Lipinski definition) is 1. The monoisotopic (exact) mass is 446 g/mol. The first-order valence-electron chi connectivity index (χ1n) is 10.4. The topological polar surface area (TPSA) is 58.9 Å². The lowest BCUT2D eigenvalue weighted by Crippen LogP contribution is -2.46. The fraction of sp³-hybridized carbons (Fsp3) is 0.391. The summed E-state index contributed by atoms with van der Waals surface area (Å²) >= 11 is 0. The number of amides is 1. The van der Waals surface area contributed by atoms with Crippen molar-refractivity contribution in [2.75, 3.05) is 23.3 Å². The third kappa shape index (κ3) is 4.72. The number of alkyl halides is 3. The van der Waals surface area contributed by atoms with E-state index in [0.29, 0.717) is 18.8 Å². The highest BCUT2D eigenvalue weighted by atomic mass is 19.4. The number of nitrogens with zero attached hydrogens (tertiary/aromatic N) is 3.